The van der Waals surface area contributed by atoms with Gasteiger partial charge in [-0.1, -0.05) is 23.5 Å². The highest BCUT2D eigenvalue weighted by Gasteiger charge is 2.63. The standard InChI is InChI=1S/C28H27F3N6OS2/c1-2-37-15-19-18-13-17(7-8-23(18)37)25-32-22(16-39-25)20(14-36-9-11-38-12-10-36)27(19,28(29,30)31)35-34-26-33-21-5-3-4-6-24(21)40-26/h3-8,13,15-16,20,35H,2,9-12,14H2,1H3,(H,33,34). The lowest BCUT2D eigenvalue weighted by molar-refractivity contribution is -0.209. The molecule has 5 aromatic rings. The third-order valence-corrected chi connectivity index (χ3v) is 9.81. The smallest absolute Gasteiger partial charge is 0.379 e. The number of hydrazine groups is 1. The first kappa shape index (κ1) is 25.9. The van der Waals surface area contributed by atoms with E-state index in [0.29, 0.717) is 49.1 Å². The normalized spacial score (nSPS) is 21.6. The molecule has 3 aromatic heterocycles. The van der Waals surface area contributed by atoms with Gasteiger partial charge in [-0.2, -0.15) is 13.2 Å². The van der Waals surface area contributed by atoms with E-state index >= 15 is 13.2 Å². The van der Waals surface area contributed by atoms with Crippen LogP contribution in [0, 0.1) is 0 Å². The summed E-state index contributed by atoms with van der Waals surface area (Å²) in [7, 11) is 0. The van der Waals surface area contributed by atoms with Crippen molar-refractivity contribution in [2.45, 2.75) is 31.1 Å². The largest absolute Gasteiger partial charge is 0.413 e. The van der Waals surface area contributed by atoms with Gasteiger partial charge in [0, 0.05) is 65.7 Å². The average Bonchev–Trinajstić information content (AvgIpc) is 3.69. The van der Waals surface area contributed by atoms with E-state index in [9.17, 15) is 0 Å². The minimum atomic E-state index is -4.70. The maximum Gasteiger partial charge on any atom is 0.413 e. The van der Waals surface area contributed by atoms with E-state index in [1.165, 1.54) is 22.7 Å². The Morgan fingerprint density at radius 3 is 2.73 bits per heavy atom. The number of aromatic nitrogens is 3. The van der Waals surface area contributed by atoms with Crippen LogP contribution in [-0.4, -0.2) is 58.5 Å². The summed E-state index contributed by atoms with van der Waals surface area (Å²) in [5.41, 5.74) is 6.18. The number of anilines is 1. The summed E-state index contributed by atoms with van der Waals surface area (Å²) in [5.74, 6) is -1.05. The molecule has 1 fully saturated rings. The fourth-order valence-electron chi connectivity index (χ4n) is 5.92. The summed E-state index contributed by atoms with van der Waals surface area (Å²) in [6.45, 7) is 4.75. The van der Waals surface area contributed by atoms with Crippen LogP contribution in [0.5, 0.6) is 0 Å². The van der Waals surface area contributed by atoms with Crippen molar-refractivity contribution >= 4 is 48.9 Å². The van der Waals surface area contributed by atoms with Crippen LogP contribution in [0.4, 0.5) is 18.3 Å². The minimum absolute atomic E-state index is 0.162. The molecule has 7 nitrogen and oxygen atoms in total. The molecule has 0 saturated carbocycles. The molecule has 1 saturated heterocycles. The second kappa shape index (κ2) is 9.81. The van der Waals surface area contributed by atoms with Crippen molar-refractivity contribution in [1.82, 2.24) is 24.9 Å². The summed E-state index contributed by atoms with van der Waals surface area (Å²) < 4.78 is 56.4. The monoisotopic (exact) mass is 584 g/mol. The molecule has 0 radical (unpaired) electrons. The van der Waals surface area contributed by atoms with Gasteiger partial charge in [-0.25, -0.2) is 15.4 Å². The van der Waals surface area contributed by atoms with Crippen LogP contribution in [0.15, 0.2) is 54.0 Å². The fourth-order valence-corrected chi connectivity index (χ4v) is 7.61. The molecule has 2 aromatic carbocycles. The number of morpholine rings is 1. The number of benzene rings is 2. The molecule has 208 valence electrons. The van der Waals surface area contributed by atoms with Gasteiger partial charge in [-0.15, -0.1) is 11.3 Å². The van der Waals surface area contributed by atoms with Gasteiger partial charge in [-0.3, -0.25) is 10.3 Å². The molecule has 2 atom stereocenters. The van der Waals surface area contributed by atoms with E-state index in [1.807, 2.05) is 54.0 Å². The Bertz CT molecular complexity index is 1660. The zero-order valence-electron chi connectivity index (χ0n) is 21.7. The molecule has 12 heteroatoms. The van der Waals surface area contributed by atoms with Crippen LogP contribution in [0.2, 0.25) is 0 Å². The lowest BCUT2D eigenvalue weighted by Crippen LogP contribution is -2.62. The summed E-state index contributed by atoms with van der Waals surface area (Å²) in [6, 6.07) is 13.2. The van der Waals surface area contributed by atoms with Gasteiger partial charge in [0.15, 0.2) is 10.7 Å². The highest BCUT2D eigenvalue weighted by atomic mass is 32.1. The van der Waals surface area contributed by atoms with Gasteiger partial charge >= 0.3 is 6.18 Å². The van der Waals surface area contributed by atoms with Crippen LogP contribution >= 0.6 is 22.7 Å². The van der Waals surface area contributed by atoms with E-state index in [-0.39, 0.29) is 12.1 Å². The van der Waals surface area contributed by atoms with Crippen molar-refractivity contribution in [3.05, 3.63) is 65.3 Å². The number of alkyl halides is 3. The van der Waals surface area contributed by atoms with E-state index in [1.54, 1.807) is 11.6 Å². The Morgan fingerprint density at radius 1 is 1.12 bits per heavy atom. The lowest BCUT2D eigenvalue weighted by atomic mass is 9.75. The van der Waals surface area contributed by atoms with Crippen LogP contribution in [-0.2, 0) is 16.8 Å². The van der Waals surface area contributed by atoms with Crippen LogP contribution < -0.4 is 10.9 Å². The maximum absolute atomic E-state index is 16.0. The Balaban J connectivity index is 1.46. The Kier molecular flexibility index (Phi) is 6.35. The van der Waals surface area contributed by atoms with Crippen molar-refractivity contribution < 1.29 is 17.9 Å². The summed E-state index contributed by atoms with van der Waals surface area (Å²) >= 11 is 2.70. The molecule has 0 aliphatic carbocycles. The zero-order valence-corrected chi connectivity index (χ0v) is 23.3. The number of halogens is 3. The first-order valence-corrected chi connectivity index (χ1v) is 14.9. The first-order chi connectivity index (χ1) is 19.4. The average molecular weight is 585 g/mol. The minimum Gasteiger partial charge on any atom is -0.379 e. The number of nitrogens with zero attached hydrogens (tertiary/aromatic N) is 4. The number of fused-ring (bicyclic) bond motifs is 5. The molecule has 40 heavy (non-hydrogen) atoms. The van der Waals surface area contributed by atoms with Crippen molar-refractivity contribution in [2.24, 2.45) is 0 Å². The van der Waals surface area contributed by atoms with Crippen LogP contribution in [0.25, 0.3) is 31.7 Å². The zero-order chi connectivity index (χ0) is 27.5. The van der Waals surface area contributed by atoms with E-state index in [4.69, 9.17) is 9.72 Å². The maximum atomic E-state index is 16.0. The number of hydrogen-bond donors (Lipinski definition) is 2. The van der Waals surface area contributed by atoms with Gasteiger partial charge in [0.1, 0.15) is 5.01 Å². The molecular weight excluding hydrogens is 557 g/mol. The van der Waals surface area contributed by atoms with Crippen LogP contribution in [0.1, 0.15) is 24.1 Å². The molecule has 5 heterocycles. The van der Waals surface area contributed by atoms with Crippen molar-refractivity contribution in [2.75, 3.05) is 38.3 Å². The molecule has 7 rings (SSSR count). The second-order valence-corrected chi connectivity index (χ2v) is 12.0. The van der Waals surface area contributed by atoms with Crippen molar-refractivity contribution in [3.63, 3.8) is 0 Å². The molecule has 2 aliphatic rings. The van der Waals surface area contributed by atoms with Gasteiger partial charge < -0.3 is 9.30 Å². The number of nitrogens with one attached hydrogen (secondary N) is 2. The number of ether oxygens (including phenoxy) is 1. The van der Waals surface area contributed by atoms with E-state index in [0.717, 1.165) is 26.3 Å². The Labute approximate surface area is 236 Å². The number of thiazole rings is 2. The summed E-state index contributed by atoms with van der Waals surface area (Å²) in [5, 5.41) is 3.44. The first-order valence-electron chi connectivity index (χ1n) is 13.2. The Morgan fingerprint density at radius 2 is 1.95 bits per heavy atom. The summed E-state index contributed by atoms with van der Waals surface area (Å²) in [6.07, 6.45) is -3.04. The quantitative estimate of drug-likeness (QED) is 0.232. The number of para-hydroxylation sites is 1. The van der Waals surface area contributed by atoms with Crippen LogP contribution in [0.3, 0.4) is 0 Å². The lowest BCUT2D eigenvalue weighted by Gasteiger charge is -2.44. The number of rotatable bonds is 6. The predicted octanol–water partition coefficient (Wildman–Crippen LogP) is 6.20. The van der Waals surface area contributed by atoms with Gasteiger partial charge in [0.25, 0.3) is 0 Å². The number of hydrogen-bond acceptors (Lipinski definition) is 8. The summed E-state index contributed by atoms with van der Waals surface area (Å²) in [4.78, 5) is 11.4. The third kappa shape index (κ3) is 4.12. The van der Waals surface area contributed by atoms with E-state index in [2.05, 4.69) is 20.7 Å². The molecular formula is C28H27F3N6OS2. The topological polar surface area (TPSA) is 67.2 Å². The molecule has 2 aliphatic heterocycles. The third-order valence-electron chi connectivity index (χ3n) is 7.95. The van der Waals surface area contributed by atoms with Crippen molar-refractivity contribution in [1.29, 1.82) is 0 Å². The highest BCUT2D eigenvalue weighted by Crippen LogP contribution is 2.53. The molecule has 2 N–H and O–H groups in total. The fraction of sp³-hybridized carbons (Fsp3) is 0.357. The van der Waals surface area contributed by atoms with Crippen molar-refractivity contribution in [3.8, 4) is 10.6 Å². The highest BCUT2D eigenvalue weighted by molar-refractivity contribution is 7.22. The molecule has 2 unspecified atom stereocenters. The van der Waals surface area contributed by atoms with Gasteiger partial charge in [0.2, 0.25) is 0 Å². The predicted molar refractivity (Wildman–Crippen MR) is 153 cm³/mol. The Hall–Kier alpha value is -3.03. The number of aryl methyl sites for hydroxylation is 1. The molecule has 0 amide bonds. The second-order valence-electron chi connectivity index (χ2n) is 10.1. The van der Waals surface area contributed by atoms with E-state index < -0.39 is 17.6 Å². The molecule has 4 bridgehead atoms. The molecule has 0 spiro atoms. The van der Waals surface area contributed by atoms with Gasteiger partial charge in [0.05, 0.1) is 29.1 Å². The SMILES string of the molecule is CCn1cc2c3cc(ccc31)-c1nc(cs1)C(CN1CCOCC1)C2(NNc1nc2ccccc2s1)C(F)(F)F. The van der Waals surface area contributed by atoms with Gasteiger partial charge in [-0.05, 0) is 37.3 Å².